The Morgan fingerprint density at radius 1 is 0.974 bits per heavy atom. The van der Waals surface area contributed by atoms with Crippen LogP contribution in [0.5, 0.6) is 0 Å². The highest BCUT2D eigenvalue weighted by Crippen LogP contribution is 2.23. The number of carbonyl (C=O) groups excluding carboxylic acids is 2. The van der Waals surface area contributed by atoms with Crippen LogP contribution in [-0.4, -0.2) is 31.1 Å². The topological polar surface area (TPSA) is 107 Å². The molecule has 0 saturated heterocycles. The largest absolute Gasteiger partial charge is 0.446 e. The summed E-state index contributed by atoms with van der Waals surface area (Å²) < 4.78 is 35.1. The molecule has 8 nitrogen and oxygen atoms in total. The molecule has 0 unspecified atom stereocenters. The lowest BCUT2D eigenvalue weighted by molar-refractivity contribution is 0.0981. The molecule has 5 rings (SSSR count). The fourth-order valence-electron chi connectivity index (χ4n) is 4.82. The number of sulfonamides is 1. The number of hydrogen-bond acceptors (Lipinski definition) is 5. The quantitative estimate of drug-likeness (QED) is 0.323. The third kappa shape index (κ3) is 5.73. The van der Waals surface area contributed by atoms with Crippen LogP contribution in [0.1, 0.15) is 47.2 Å². The fourth-order valence-corrected chi connectivity index (χ4v) is 6.04. The number of nitrogens with zero attached hydrogens (tertiary/aromatic N) is 1. The number of ether oxygens (including phenoxy) is 1. The van der Waals surface area contributed by atoms with Gasteiger partial charge in [-0.3, -0.25) is 10.1 Å². The SMILES string of the molecule is Cc1ccccc1S(=O)(=O)NC(=O)c1ccc2c(ccn2Cc2cccc(NC(=O)OC3CCCC3)c2)c1. The van der Waals surface area contributed by atoms with Gasteiger partial charge in [-0.05, 0) is 86.2 Å². The van der Waals surface area contributed by atoms with E-state index in [4.69, 9.17) is 4.74 Å². The Kier molecular flexibility index (Phi) is 7.20. The van der Waals surface area contributed by atoms with E-state index in [0.29, 0.717) is 17.8 Å². The zero-order chi connectivity index (χ0) is 26.7. The summed E-state index contributed by atoms with van der Waals surface area (Å²) in [4.78, 5) is 25.1. The minimum Gasteiger partial charge on any atom is -0.446 e. The van der Waals surface area contributed by atoms with Gasteiger partial charge in [0.15, 0.2) is 0 Å². The molecule has 2 amide bonds. The molecule has 0 aliphatic heterocycles. The van der Waals surface area contributed by atoms with Crippen LogP contribution in [0.4, 0.5) is 10.5 Å². The van der Waals surface area contributed by atoms with E-state index in [2.05, 4.69) is 10.0 Å². The van der Waals surface area contributed by atoms with Gasteiger partial charge in [0.05, 0.1) is 4.90 Å². The van der Waals surface area contributed by atoms with E-state index in [1.807, 2.05) is 41.1 Å². The first-order chi connectivity index (χ1) is 18.3. The summed E-state index contributed by atoms with van der Waals surface area (Å²) in [5.41, 5.74) is 3.34. The van der Waals surface area contributed by atoms with Crippen molar-refractivity contribution in [2.45, 2.75) is 50.2 Å². The summed E-state index contributed by atoms with van der Waals surface area (Å²) >= 11 is 0. The molecule has 1 heterocycles. The third-order valence-electron chi connectivity index (χ3n) is 6.75. The fraction of sp³-hybridized carbons (Fsp3) is 0.241. The lowest BCUT2D eigenvalue weighted by Gasteiger charge is -2.13. The van der Waals surface area contributed by atoms with E-state index in [0.717, 1.165) is 42.1 Å². The number of fused-ring (bicyclic) bond motifs is 1. The molecular formula is C29H29N3O5S. The van der Waals surface area contributed by atoms with Gasteiger partial charge < -0.3 is 9.30 Å². The number of nitrogens with one attached hydrogen (secondary N) is 2. The van der Waals surface area contributed by atoms with Crippen molar-refractivity contribution < 1.29 is 22.7 Å². The van der Waals surface area contributed by atoms with Gasteiger partial charge in [0, 0.05) is 34.9 Å². The summed E-state index contributed by atoms with van der Waals surface area (Å²) in [6.45, 7) is 2.23. The number of aromatic nitrogens is 1. The summed E-state index contributed by atoms with van der Waals surface area (Å²) in [5, 5.41) is 3.62. The monoisotopic (exact) mass is 531 g/mol. The Bertz CT molecular complexity index is 1600. The van der Waals surface area contributed by atoms with Crippen LogP contribution in [0.15, 0.2) is 83.9 Å². The van der Waals surface area contributed by atoms with Crippen molar-refractivity contribution in [2.75, 3.05) is 5.32 Å². The van der Waals surface area contributed by atoms with Crippen LogP contribution in [-0.2, 0) is 21.3 Å². The molecule has 3 aromatic carbocycles. The smallest absolute Gasteiger partial charge is 0.411 e. The Hall–Kier alpha value is -4.11. The van der Waals surface area contributed by atoms with Crippen molar-refractivity contribution in [1.29, 1.82) is 0 Å². The zero-order valence-corrected chi connectivity index (χ0v) is 21.8. The van der Waals surface area contributed by atoms with E-state index in [-0.39, 0.29) is 16.6 Å². The lowest BCUT2D eigenvalue weighted by atomic mass is 10.1. The maximum atomic E-state index is 12.8. The number of anilines is 1. The third-order valence-corrected chi connectivity index (χ3v) is 8.24. The summed E-state index contributed by atoms with van der Waals surface area (Å²) in [6, 6.07) is 21.0. The van der Waals surface area contributed by atoms with Crippen molar-refractivity contribution >= 4 is 38.6 Å². The highest BCUT2D eigenvalue weighted by molar-refractivity contribution is 7.90. The van der Waals surface area contributed by atoms with Crippen molar-refractivity contribution in [3.05, 3.63) is 95.7 Å². The van der Waals surface area contributed by atoms with Gasteiger partial charge in [-0.1, -0.05) is 30.3 Å². The number of aryl methyl sites for hydroxylation is 1. The first kappa shape index (κ1) is 25.5. The van der Waals surface area contributed by atoms with Crippen LogP contribution >= 0.6 is 0 Å². The Balaban J connectivity index is 1.27. The lowest BCUT2D eigenvalue weighted by Crippen LogP contribution is -2.31. The molecule has 0 atom stereocenters. The molecule has 196 valence electrons. The first-order valence-electron chi connectivity index (χ1n) is 12.6. The molecule has 0 spiro atoms. The van der Waals surface area contributed by atoms with Gasteiger partial charge in [0.2, 0.25) is 0 Å². The average molecular weight is 532 g/mol. The predicted octanol–water partition coefficient (Wildman–Crippen LogP) is 5.61. The molecule has 38 heavy (non-hydrogen) atoms. The van der Waals surface area contributed by atoms with Crippen molar-refractivity contribution in [2.24, 2.45) is 0 Å². The predicted molar refractivity (Wildman–Crippen MR) is 146 cm³/mol. The van der Waals surface area contributed by atoms with Crippen LogP contribution < -0.4 is 10.0 Å². The summed E-state index contributed by atoms with van der Waals surface area (Å²) in [6.07, 6.45) is 5.49. The maximum absolute atomic E-state index is 12.8. The van der Waals surface area contributed by atoms with Crippen LogP contribution in [0.25, 0.3) is 10.9 Å². The molecule has 4 aromatic rings. The second kappa shape index (κ2) is 10.7. The highest BCUT2D eigenvalue weighted by atomic mass is 32.2. The summed E-state index contributed by atoms with van der Waals surface area (Å²) in [7, 11) is -3.99. The molecular weight excluding hydrogens is 502 g/mol. The van der Waals surface area contributed by atoms with Gasteiger partial charge >= 0.3 is 6.09 Å². The molecule has 2 N–H and O–H groups in total. The van der Waals surface area contributed by atoms with Crippen LogP contribution in [0.2, 0.25) is 0 Å². The Morgan fingerprint density at radius 2 is 1.76 bits per heavy atom. The standard InChI is InChI=1S/C29H29N3O5S/c1-20-7-2-5-12-27(20)38(35,36)31-28(33)23-13-14-26-22(18-23)15-16-32(26)19-21-8-6-9-24(17-21)30-29(34)37-25-10-3-4-11-25/h2,5-9,12-18,25H,3-4,10-11,19H2,1H3,(H,30,34)(H,31,33). The minimum absolute atomic E-state index is 0.000965. The molecule has 9 heteroatoms. The van der Waals surface area contributed by atoms with Gasteiger partial charge in [-0.15, -0.1) is 0 Å². The van der Waals surface area contributed by atoms with Gasteiger partial charge in [-0.2, -0.15) is 0 Å². The number of amides is 2. The van der Waals surface area contributed by atoms with Crippen LogP contribution in [0.3, 0.4) is 0 Å². The number of rotatable bonds is 7. The molecule has 1 aliphatic rings. The molecule has 1 aromatic heterocycles. The molecule has 1 aliphatic carbocycles. The zero-order valence-electron chi connectivity index (χ0n) is 21.0. The van der Waals surface area contributed by atoms with Crippen molar-refractivity contribution in [3.8, 4) is 0 Å². The van der Waals surface area contributed by atoms with E-state index in [1.165, 1.54) is 6.07 Å². The van der Waals surface area contributed by atoms with E-state index in [9.17, 15) is 18.0 Å². The average Bonchev–Trinajstić information content (AvgIpc) is 3.54. The molecule has 1 fully saturated rings. The van der Waals surface area contributed by atoms with Crippen LogP contribution in [0, 0.1) is 6.92 Å². The normalized spacial score (nSPS) is 13.9. The number of hydrogen-bond donors (Lipinski definition) is 2. The van der Waals surface area contributed by atoms with Crippen molar-refractivity contribution in [3.63, 3.8) is 0 Å². The van der Waals surface area contributed by atoms with Gasteiger partial charge in [-0.25, -0.2) is 17.9 Å². The Labute approximate surface area is 221 Å². The first-order valence-corrected chi connectivity index (χ1v) is 14.0. The molecule has 0 radical (unpaired) electrons. The van der Waals surface area contributed by atoms with E-state index in [1.54, 1.807) is 43.3 Å². The minimum atomic E-state index is -3.99. The number of carbonyl (C=O) groups is 2. The number of benzene rings is 3. The maximum Gasteiger partial charge on any atom is 0.411 e. The van der Waals surface area contributed by atoms with E-state index < -0.39 is 22.0 Å². The van der Waals surface area contributed by atoms with Gasteiger partial charge in [0.1, 0.15) is 6.10 Å². The second-order valence-corrected chi connectivity index (χ2v) is 11.2. The second-order valence-electron chi connectivity index (χ2n) is 9.55. The van der Waals surface area contributed by atoms with Gasteiger partial charge in [0.25, 0.3) is 15.9 Å². The molecule has 1 saturated carbocycles. The van der Waals surface area contributed by atoms with Crippen molar-refractivity contribution in [1.82, 2.24) is 9.29 Å². The highest BCUT2D eigenvalue weighted by Gasteiger charge is 2.21. The van der Waals surface area contributed by atoms with E-state index >= 15 is 0 Å². The summed E-state index contributed by atoms with van der Waals surface area (Å²) in [5.74, 6) is -0.689. The Morgan fingerprint density at radius 3 is 2.55 bits per heavy atom. The molecule has 0 bridgehead atoms.